The lowest BCUT2D eigenvalue weighted by atomic mass is 10.2. The molecule has 5 nitrogen and oxygen atoms in total. The summed E-state index contributed by atoms with van der Waals surface area (Å²) in [6, 6.07) is 0. The van der Waals surface area contributed by atoms with Gasteiger partial charge >= 0.3 is 14.8 Å². The number of carboxylic acid groups (broad SMARTS) is 1. The van der Waals surface area contributed by atoms with E-state index in [-0.39, 0.29) is 5.57 Å². The molecule has 0 aliphatic heterocycles. The van der Waals surface area contributed by atoms with Crippen molar-refractivity contribution in [3.8, 4) is 0 Å². The summed E-state index contributed by atoms with van der Waals surface area (Å²) in [6.45, 7) is 24.6. The Labute approximate surface area is 152 Å². The number of hydrogen-bond donors (Lipinski definition) is 1. The van der Waals surface area contributed by atoms with Gasteiger partial charge in [0.15, 0.2) is 25.0 Å². The molecule has 9 heteroatoms. The summed E-state index contributed by atoms with van der Waals surface area (Å²) in [4.78, 5) is 11.6. The second kappa shape index (κ2) is 8.10. The molecule has 0 fully saturated rings. The van der Waals surface area contributed by atoms with Gasteiger partial charge in [-0.1, -0.05) is 13.5 Å². The summed E-state index contributed by atoms with van der Waals surface area (Å²) in [5.41, 5.74) is -0.279. The average Bonchev–Trinajstić information content (AvgIpc) is 2.21. The van der Waals surface area contributed by atoms with E-state index >= 15 is 0 Å². The molecule has 0 aromatic rings. The fourth-order valence-corrected chi connectivity index (χ4v) is 17.0. The Morgan fingerprint density at radius 2 is 1.17 bits per heavy atom. The highest BCUT2D eigenvalue weighted by Gasteiger charge is 2.56. The van der Waals surface area contributed by atoms with E-state index in [4.69, 9.17) is 12.3 Å². The average molecular weight is 409 g/mol. The fourth-order valence-electron chi connectivity index (χ4n) is 2.42. The molecule has 0 spiro atoms. The van der Waals surface area contributed by atoms with Crippen LogP contribution in [0.3, 0.4) is 0 Å². The number of carboxylic acids is 1. The van der Waals surface area contributed by atoms with E-state index in [1.807, 2.05) is 6.92 Å². The largest absolute Gasteiger partial charge is 0.478 e. The normalized spacial score (nSPS) is 15.2. The molecule has 0 aromatic carbocycles. The van der Waals surface area contributed by atoms with Crippen LogP contribution in [0, 0.1) is 0 Å². The minimum atomic E-state index is -3.25. The maximum atomic E-state index is 11.6. The lowest BCUT2D eigenvalue weighted by Gasteiger charge is -2.46. The van der Waals surface area contributed by atoms with Gasteiger partial charge in [-0.3, -0.25) is 0 Å². The Balaban J connectivity index is 6.31. The van der Waals surface area contributed by atoms with Gasteiger partial charge in [0.25, 0.3) is 0 Å². The quantitative estimate of drug-likeness (QED) is 0.411. The van der Waals surface area contributed by atoms with Gasteiger partial charge in [0.1, 0.15) is 0 Å². The Bertz CT molecular complexity index is 419. The van der Waals surface area contributed by atoms with Crippen LogP contribution in [-0.2, 0) is 17.1 Å². The summed E-state index contributed by atoms with van der Waals surface area (Å²) >= 11 is 0. The Kier molecular flexibility index (Phi) is 8.09. The molecule has 0 saturated carbocycles. The molecule has 1 atom stereocenters. The van der Waals surface area contributed by atoms with Crippen LogP contribution < -0.4 is 0 Å². The summed E-state index contributed by atoms with van der Waals surface area (Å²) in [5.74, 6) is -1.00. The van der Waals surface area contributed by atoms with Gasteiger partial charge in [-0.15, -0.1) is 0 Å². The SMILES string of the molecule is C=C(C(=O)O)C(CC)[Si](O[Si](C)(C)C)(O[Si](C)(C)C)O[Si](C)(C)C. The molecule has 0 aliphatic carbocycles. The number of aliphatic carboxylic acids is 1. The monoisotopic (exact) mass is 408 g/mol. The Morgan fingerprint density at radius 3 is 1.33 bits per heavy atom. The first-order valence-electron chi connectivity index (χ1n) is 8.45. The van der Waals surface area contributed by atoms with Crippen molar-refractivity contribution in [2.75, 3.05) is 0 Å². The van der Waals surface area contributed by atoms with Gasteiger partial charge in [-0.05, 0) is 65.3 Å². The molecule has 142 valence electrons. The van der Waals surface area contributed by atoms with E-state index in [1.54, 1.807) is 0 Å². The topological polar surface area (TPSA) is 65.0 Å². The standard InChI is InChI=1S/C15H36O5Si4/c1-12-14(13(2)15(16)17)24(18-21(3,4)5,19-22(6,7)8)20-23(9,10)11/h14H,2,12H2,1,3-11H3,(H,16,17). The fraction of sp³-hybridized carbons (Fsp3) is 0.800. The van der Waals surface area contributed by atoms with E-state index in [9.17, 15) is 9.90 Å². The van der Waals surface area contributed by atoms with E-state index in [0.717, 1.165) is 0 Å². The molecular formula is C15H36O5Si4. The van der Waals surface area contributed by atoms with Gasteiger partial charge < -0.3 is 17.5 Å². The molecule has 1 unspecified atom stereocenters. The van der Waals surface area contributed by atoms with Crippen molar-refractivity contribution in [3.05, 3.63) is 12.2 Å². The van der Waals surface area contributed by atoms with Crippen molar-refractivity contribution in [3.63, 3.8) is 0 Å². The van der Waals surface area contributed by atoms with Crippen molar-refractivity contribution < 1.29 is 22.2 Å². The van der Waals surface area contributed by atoms with E-state index in [2.05, 4.69) is 65.5 Å². The minimum Gasteiger partial charge on any atom is -0.478 e. The molecule has 0 radical (unpaired) electrons. The molecule has 0 saturated heterocycles. The van der Waals surface area contributed by atoms with E-state index < -0.39 is 45.3 Å². The molecule has 24 heavy (non-hydrogen) atoms. The number of hydrogen-bond acceptors (Lipinski definition) is 4. The highest BCUT2D eigenvalue weighted by molar-refractivity contribution is 6.91. The Hall–Kier alpha value is -0.0425. The van der Waals surface area contributed by atoms with Crippen molar-refractivity contribution in [2.24, 2.45) is 0 Å². The maximum absolute atomic E-state index is 11.6. The lowest BCUT2D eigenvalue weighted by Crippen LogP contribution is -2.63. The van der Waals surface area contributed by atoms with Crippen LogP contribution in [0.2, 0.25) is 64.5 Å². The molecule has 0 heterocycles. The van der Waals surface area contributed by atoms with Crippen LogP contribution in [0.25, 0.3) is 0 Å². The summed E-state index contributed by atoms with van der Waals surface area (Å²) in [7, 11) is -9.34. The predicted molar refractivity (Wildman–Crippen MR) is 110 cm³/mol. The first kappa shape index (κ1) is 24.0. The van der Waals surface area contributed by atoms with Gasteiger partial charge in [0, 0.05) is 5.57 Å². The second-order valence-corrected chi connectivity index (χ2v) is 26.1. The van der Waals surface area contributed by atoms with Crippen LogP contribution in [0.4, 0.5) is 0 Å². The zero-order chi connectivity index (χ0) is 19.6. The molecule has 0 bridgehead atoms. The second-order valence-electron chi connectivity index (χ2n) is 9.04. The van der Waals surface area contributed by atoms with E-state index in [0.29, 0.717) is 6.42 Å². The van der Waals surface area contributed by atoms with Crippen molar-refractivity contribution in [2.45, 2.75) is 77.8 Å². The highest BCUT2D eigenvalue weighted by atomic mass is 28.5. The molecular weight excluding hydrogens is 373 g/mol. The van der Waals surface area contributed by atoms with Gasteiger partial charge in [-0.2, -0.15) is 0 Å². The maximum Gasteiger partial charge on any atom is 0.477 e. The van der Waals surface area contributed by atoms with Gasteiger partial charge in [0.2, 0.25) is 0 Å². The minimum absolute atomic E-state index is 0.138. The number of rotatable bonds is 10. The summed E-state index contributed by atoms with van der Waals surface area (Å²) < 4.78 is 19.7. The molecule has 0 aromatic heterocycles. The summed E-state index contributed by atoms with van der Waals surface area (Å²) in [6.07, 6.45) is 0.580. The Morgan fingerprint density at radius 1 is 0.875 bits per heavy atom. The van der Waals surface area contributed by atoms with E-state index in [1.165, 1.54) is 0 Å². The third kappa shape index (κ3) is 8.36. The molecule has 0 rings (SSSR count). The zero-order valence-electron chi connectivity index (χ0n) is 17.1. The zero-order valence-corrected chi connectivity index (χ0v) is 21.1. The first-order chi connectivity index (χ1) is 10.4. The van der Waals surface area contributed by atoms with Crippen LogP contribution >= 0.6 is 0 Å². The van der Waals surface area contributed by atoms with Gasteiger partial charge in [-0.25, -0.2) is 4.79 Å². The van der Waals surface area contributed by atoms with Crippen LogP contribution in [0.5, 0.6) is 0 Å². The molecule has 0 amide bonds. The van der Waals surface area contributed by atoms with Crippen molar-refractivity contribution >= 4 is 39.7 Å². The molecule has 1 N–H and O–H groups in total. The lowest BCUT2D eigenvalue weighted by molar-refractivity contribution is -0.132. The van der Waals surface area contributed by atoms with Crippen LogP contribution in [0.15, 0.2) is 12.2 Å². The first-order valence-corrected chi connectivity index (χ1v) is 20.5. The van der Waals surface area contributed by atoms with Crippen molar-refractivity contribution in [1.29, 1.82) is 0 Å². The molecule has 0 aliphatic rings. The third-order valence-corrected chi connectivity index (χ3v) is 15.2. The highest BCUT2D eigenvalue weighted by Crippen LogP contribution is 2.40. The smallest absolute Gasteiger partial charge is 0.477 e. The third-order valence-electron chi connectivity index (χ3n) is 2.88. The van der Waals surface area contributed by atoms with Gasteiger partial charge in [0.05, 0.1) is 5.54 Å². The number of carbonyl (C=O) groups is 1. The van der Waals surface area contributed by atoms with Crippen LogP contribution in [-0.4, -0.2) is 44.8 Å². The summed E-state index contributed by atoms with van der Waals surface area (Å²) in [5, 5.41) is 9.53. The van der Waals surface area contributed by atoms with Crippen molar-refractivity contribution in [1.82, 2.24) is 0 Å². The van der Waals surface area contributed by atoms with Crippen LogP contribution in [0.1, 0.15) is 13.3 Å². The predicted octanol–water partition coefficient (Wildman–Crippen LogP) is 4.90.